The highest BCUT2D eigenvalue weighted by atomic mass is 35.5. The molecule has 7 rings (SSSR count). The first-order valence-electron chi connectivity index (χ1n) is 22.5. The van der Waals surface area contributed by atoms with Gasteiger partial charge >= 0.3 is 23.9 Å². The molecule has 3 aromatic carbocycles. The standard InChI is InChI=1S/C23H20ClFO6S.C16H11ClFNO2S.C16H12ClFO4S/c1-3-11-30-20(27)14-23(22(29)31-12-4-2,21(28)18-9-10-19(24)32-18)13-17(26)15-5-7-16(25)8-6-15;17-14-6-5-13(22-14)16-10(8-15(20)21)7-12(19-16)9-1-3-11(18)4-2-9;17-14-6-5-13(23-14)16(22)10(8-15(20)21)7-12(19)9-1-3-11(18)4-2-9/h3-10H,1-2,11-14H2;1-7,19H,8H2,(H,20,21);1-6,10H,7-8H2,(H,20,21). The minimum atomic E-state index is -2.22. The number of carboxylic acid groups (broad SMARTS) is 2. The molecule has 0 radical (unpaired) electrons. The molecule has 3 N–H and O–H groups in total. The van der Waals surface area contributed by atoms with E-state index in [4.69, 9.17) is 54.5 Å². The molecule has 400 valence electrons. The number of ether oxygens (including phenoxy) is 2. The van der Waals surface area contributed by atoms with E-state index in [0.29, 0.717) is 19.1 Å². The van der Waals surface area contributed by atoms with Gasteiger partial charge in [0.05, 0.1) is 52.6 Å². The number of carbonyl (C=O) groups is 8. The number of aromatic nitrogens is 1. The van der Waals surface area contributed by atoms with Crippen molar-refractivity contribution < 1.29 is 71.2 Å². The van der Waals surface area contributed by atoms with Gasteiger partial charge in [-0.3, -0.25) is 38.4 Å². The van der Waals surface area contributed by atoms with Crippen molar-refractivity contribution in [1.82, 2.24) is 4.98 Å². The number of halogens is 6. The van der Waals surface area contributed by atoms with E-state index in [-0.39, 0.29) is 52.2 Å². The Kier molecular flexibility index (Phi) is 22.6. The third-order valence-corrected chi connectivity index (χ3v) is 14.5. The Bertz CT molecular complexity index is 3280. The summed E-state index contributed by atoms with van der Waals surface area (Å²) < 4.78 is 50.6. The first-order valence-corrected chi connectivity index (χ1v) is 26.1. The fraction of sp³-hybridized carbons (Fsp3) is 0.164. The van der Waals surface area contributed by atoms with Crippen LogP contribution in [0.1, 0.15) is 71.3 Å². The molecule has 4 aromatic heterocycles. The lowest BCUT2D eigenvalue weighted by Crippen LogP contribution is -2.44. The lowest BCUT2D eigenvalue weighted by Gasteiger charge is -2.28. The molecule has 13 nitrogen and oxygen atoms in total. The van der Waals surface area contributed by atoms with Gasteiger partial charge < -0.3 is 24.7 Å². The zero-order valence-corrected chi connectivity index (χ0v) is 44.8. The summed E-state index contributed by atoms with van der Waals surface area (Å²) in [5.74, 6) is -8.71. The van der Waals surface area contributed by atoms with Crippen molar-refractivity contribution in [3.63, 3.8) is 0 Å². The lowest BCUT2D eigenvalue weighted by molar-refractivity contribution is -0.158. The summed E-state index contributed by atoms with van der Waals surface area (Å²) in [5, 5.41) is 18.0. The number of H-pyrrole nitrogens is 1. The number of esters is 2. The van der Waals surface area contributed by atoms with Crippen LogP contribution in [-0.4, -0.2) is 75.4 Å². The predicted octanol–water partition coefficient (Wildman–Crippen LogP) is 13.7. The van der Waals surface area contributed by atoms with Crippen molar-refractivity contribution in [3.05, 3.63) is 197 Å². The average molecular weight is 1170 g/mol. The molecular formula is C55H43Cl3F3NO12S3. The van der Waals surface area contributed by atoms with Crippen molar-refractivity contribution in [2.75, 3.05) is 13.2 Å². The van der Waals surface area contributed by atoms with Crippen LogP contribution in [0.15, 0.2) is 141 Å². The Balaban J connectivity index is 0.000000218. The molecule has 0 aliphatic rings. The first-order chi connectivity index (χ1) is 36.6. The third kappa shape index (κ3) is 17.6. The zero-order valence-electron chi connectivity index (χ0n) is 40.0. The summed E-state index contributed by atoms with van der Waals surface area (Å²) in [6.45, 7) is 6.50. The van der Waals surface area contributed by atoms with Gasteiger partial charge in [-0.25, -0.2) is 13.2 Å². The number of carboxylic acids is 2. The van der Waals surface area contributed by atoms with Crippen molar-refractivity contribution >= 4 is 116 Å². The Morgan fingerprint density at radius 3 is 1.61 bits per heavy atom. The Morgan fingerprint density at radius 2 is 1.12 bits per heavy atom. The molecule has 7 aromatic rings. The topological polar surface area (TPSA) is 211 Å². The molecule has 77 heavy (non-hydrogen) atoms. The monoisotopic (exact) mass is 1170 g/mol. The first kappa shape index (κ1) is 60.6. The van der Waals surface area contributed by atoms with E-state index in [0.717, 1.165) is 68.8 Å². The van der Waals surface area contributed by atoms with Crippen LogP contribution in [0, 0.1) is 28.8 Å². The molecule has 0 saturated carbocycles. The highest BCUT2D eigenvalue weighted by Crippen LogP contribution is 2.39. The van der Waals surface area contributed by atoms with Crippen molar-refractivity contribution in [3.8, 4) is 21.8 Å². The number of aromatic amines is 1. The molecule has 0 saturated heterocycles. The maximum atomic E-state index is 13.5. The Hall–Kier alpha value is -7.26. The largest absolute Gasteiger partial charge is 0.481 e. The quantitative estimate of drug-likeness (QED) is 0.0236. The maximum absolute atomic E-state index is 13.5. The van der Waals surface area contributed by atoms with E-state index in [1.54, 1.807) is 30.3 Å². The normalized spacial score (nSPS) is 11.8. The number of thiophene rings is 3. The molecule has 0 aliphatic heterocycles. The summed E-state index contributed by atoms with van der Waals surface area (Å²) in [6.07, 6.45) is 0.341. The van der Waals surface area contributed by atoms with E-state index in [1.165, 1.54) is 78.1 Å². The average Bonchev–Trinajstić information content (AvgIpc) is 4.24. The number of Topliss-reactive ketones (excluding diaryl/α,β-unsaturated/α-hetero) is 4. The second kappa shape index (κ2) is 28.8. The fourth-order valence-corrected chi connectivity index (χ4v) is 10.4. The van der Waals surface area contributed by atoms with E-state index in [9.17, 15) is 51.5 Å². The van der Waals surface area contributed by atoms with Gasteiger partial charge in [0.15, 0.2) is 23.1 Å². The highest BCUT2D eigenvalue weighted by molar-refractivity contribution is 7.19. The van der Waals surface area contributed by atoms with Crippen molar-refractivity contribution in [1.29, 1.82) is 0 Å². The Labute approximate surface area is 465 Å². The zero-order chi connectivity index (χ0) is 56.4. The second-order valence-electron chi connectivity index (χ2n) is 16.3. The van der Waals surface area contributed by atoms with Crippen LogP contribution < -0.4 is 0 Å². The number of hydrogen-bond donors (Lipinski definition) is 3. The van der Waals surface area contributed by atoms with Gasteiger partial charge in [0, 0.05) is 35.6 Å². The molecule has 0 aliphatic carbocycles. The van der Waals surface area contributed by atoms with Gasteiger partial charge in [-0.15, -0.1) is 34.0 Å². The summed E-state index contributed by atoms with van der Waals surface area (Å²) in [4.78, 5) is 103. The van der Waals surface area contributed by atoms with Crippen LogP contribution in [0.25, 0.3) is 21.8 Å². The summed E-state index contributed by atoms with van der Waals surface area (Å²) in [6, 6.07) is 26.8. The van der Waals surface area contributed by atoms with Crippen LogP contribution >= 0.6 is 68.8 Å². The van der Waals surface area contributed by atoms with E-state index >= 15 is 0 Å². The van der Waals surface area contributed by atoms with Gasteiger partial charge in [-0.1, -0.05) is 60.1 Å². The van der Waals surface area contributed by atoms with E-state index in [2.05, 4.69) is 18.1 Å². The van der Waals surface area contributed by atoms with Crippen LogP contribution in [0.5, 0.6) is 0 Å². The minimum Gasteiger partial charge on any atom is -0.481 e. The number of nitrogens with one attached hydrogen (secondary N) is 1. The summed E-state index contributed by atoms with van der Waals surface area (Å²) in [7, 11) is 0. The second-order valence-corrected chi connectivity index (χ2v) is 21.5. The maximum Gasteiger partial charge on any atom is 0.321 e. The number of aliphatic carboxylic acids is 2. The van der Waals surface area contributed by atoms with E-state index < -0.39 is 89.2 Å². The molecule has 0 amide bonds. The smallest absolute Gasteiger partial charge is 0.321 e. The van der Waals surface area contributed by atoms with Gasteiger partial charge in [0.25, 0.3) is 0 Å². The molecule has 0 spiro atoms. The molecular weight excluding hydrogens is 1130 g/mol. The number of carbonyl (C=O) groups excluding carboxylic acids is 6. The fourth-order valence-electron chi connectivity index (χ4n) is 7.21. The van der Waals surface area contributed by atoms with Gasteiger partial charge in [-0.05, 0) is 126 Å². The number of hydrogen-bond acceptors (Lipinski definition) is 13. The molecule has 4 heterocycles. The highest BCUT2D eigenvalue weighted by Gasteiger charge is 2.52. The van der Waals surface area contributed by atoms with Gasteiger partial charge in [0.1, 0.15) is 36.1 Å². The van der Waals surface area contributed by atoms with Crippen LogP contribution in [-0.2, 0) is 35.1 Å². The SMILES string of the molecule is C=CCOC(=O)CC(CC(=O)c1ccc(F)cc1)(C(=O)OCC=C)C(=O)c1ccc(Cl)s1.O=C(O)CC(CC(=O)c1ccc(F)cc1)C(=O)c1ccc(Cl)s1.O=C(O)Cc1cc(-c2ccc(F)cc2)[nH]c1-c1ccc(Cl)s1. The van der Waals surface area contributed by atoms with Gasteiger partial charge in [0.2, 0.25) is 0 Å². The number of ketones is 4. The lowest BCUT2D eigenvalue weighted by atomic mass is 9.74. The van der Waals surface area contributed by atoms with Crippen molar-refractivity contribution in [2.45, 2.75) is 32.1 Å². The molecule has 0 bridgehead atoms. The Morgan fingerprint density at radius 1 is 0.610 bits per heavy atom. The summed E-state index contributed by atoms with van der Waals surface area (Å²) >= 11 is 21.0. The predicted molar refractivity (Wildman–Crippen MR) is 289 cm³/mol. The van der Waals surface area contributed by atoms with Gasteiger partial charge in [-0.2, -0.15) is 0 Å². The van der Waals surface area contributed by atoms with Crippen molar-refractivity contribution in [2.24, 2.45) is 11.3 Å². The molecule has 0 fully saturated rings. The van der Waals surface area contributed by atoms with E-state index in [1.807, 2.05) is 6.07 Å². The summed E-state index contributed by atoms with van der Waals surface area (Å²) in [5.41, 5.74) is 1.02. The third-order valence-electron chi connectivity index (χ3n) is 10.8. The number of benzene rings is 3. The van der Waals surface area contributed by atoms with Crippen LogP contribution in [0.4, 0.5) is 13.2 Å². The van der Waals surface area contributed by atoms with Crippen LogP contribution in [0.3, 0.4) is 0 Å². The minimum absolute atomic E-state index is 0.0590. The molecule has 2 unspecified atom stereocenters. The molecule has 22 heteroatoms. The molecule has 2 atom stereocenters. The number of rotatable bonds is 23. The van der Waals surface area contributed by atoms with Crippen LogP contribution in [0.2, 0.25) is 13.0 Å².